The maximum Gasteiger partial charge on any atom is 0.307 e. The molecule has 0 fully saturated rings. The molecule has 0 aromatic carbocycles. The van der Waals surface area contributed by atoms with Crippen LogP contribution in [0.15, 0.2) is 0 Å². The topological polar surface area (TPSA) is 54.4 Å². The second-order valence-corrected chi connectivity index (χ2v) is 3.24. The highest BCUT2D eigenvalue weighted by Crippen LogP contribution is 2.08. The predicted molar refractivity (Wildman–Crippen MR) is 39.9 cm³/mol. The zero-order valence-corrected chi connectivity index (χ0v) is 6.77. The van der Waals surface area contributed by atoms with Crippen molar-refractivity contribution in [1.82, 2.24) is 0 Å². The maximum absolute atomic E-state index is 10.3. The Hall–Kier alpha value is -0.510. The minimum Gasteiger partial charge on any atom is -0.481 e. The number of carboxylic acid groups (broad SMARTS) is 1. The number of carbonyl (C=O) groups is 2. The summed E-state index contributed by atoms with van der Waals surface area (Å²) < 4.78 is 0. The Morgan fingerprint density at radius 3 is 2.40 bits per heavy atom. The van der Waals surface area contributed by atoms with E-state index in [2.05, 4.69) is 0 Å². The van der Waals surface area contributed by atoms with E-state index in [0.717, 1.165) is 11.8 Å². The van der Waals surface area contributed by atoms with Gasteiger partial charge in [-0.05, 0) is 0 Å². The first-order valence-electron chi connectivity index (χ1n) is 2.90. The van der Waals surface area contributed by atoms with Crippen molar-refractivity contribution in [3.05, 3.63) is 0 Å². The van der Waals surface area contributed by atoms with Gasteiger partial charge in [-0.25, -0.2) is 0 Å². The molecule has 1 N–H and O–H groups in total. The van der Waals surface area contributed by atoms with Crippen LogP contribution >= 0.6 is 11.8 Å². The zero-order chi connectivity index (χ0) is 8.15. The molecule has 0 spiro atoms. The molecule has 0 saturated carbocycles. The molecule has 0 aliphatic rings. The van der Waals surface area contributed by atoms with Gasteiger partial charge in [-0.3, -0.25) is 9.59 Å². The molecular weight excluding hydrogens is 152 g/mol. The standard InChI is InChI=1S/C6H10O3S/c1-4(6(8)9)3-10-5(2)7/h4H,3H2,1-2H3,(H,8,9). The lowest BCUT2D eigenvalue weighted by molar-refractivity contribution is -0.140. The number of hydrogen-bond donors (Lipinski definition) is 1. The van der Waals surface area contributed by atoms with Crippen LogP contribution in [0.4, 0.5) is 0 Å². The van der Waals surface area contributed by atoms with Gasteiger partial charge < -0.3 is 5.11 Å². The number of hydrogen-bond acceptors (Lipinski definition) is 3. The number of carbonyl (C=O) groups excluding carboxylic acids is 1. The number of carboxylic acids is 1. The number of rotatable bonds is 3. The molecule has 1 atom stereocenters. The van der Waals surface area contributed by atoms with Crippen LogP contribution in [-0.2, 0) is 9.59 Å². The lowest BCUT2D eigenvalue weighted by Gasteiger charge is -2.01. The molecule has 3 nitrogen and oxygen atoms in total. The molecule has 0 aliphatic carbocycles. The normalized spacial score (nSPS) is 12.6. The molecule has 58 valence electrons. The Kier molecular flexibility index (Phi) is 4.11. The van der Waals surface area contributed by atoms with Crippen molar-refractivity contribution in [2.24, 2.45) is 5.92 Å². The third-order valence-corrected chi connectivity index (χ3v) is 2.03. The highest BCUT2D eigenvalue weighted by Gasteiger charge is 2.11. The van der Waals surface area contributed by atoms with Crippen molar-refractivity contribution < 1.29 is 14.7 Å². The van der Waals surface area contributed by atoms with Crippen molar-refractivity contribution in [1.29, 1.82) is 0 Å². The Bertz CT molecular complexity index is 144. The SMILES string of the molecule is CC(=O)SCC(C)C(=O)O. The highest BCUT2D eigenvalue weighted by molar-refractivity contribution is 8.13. The summed E-state index contributed by atoms with van der Waals surface area (Å²) in [5.41, 5.74) is 0. The van der Waals surface area contributed by atoms with Crippen molar-refractivity contribution in [2.75, 3.05) is 5.75 Å². The van der Waals surface area contributed by atoms with Gasteiger partial charge in [0.25, 0.3) is 0 Å². The van der Waals surface area contributed by atoms with Gasteiger partial charge >= 0.3 is 5.97 Å². The van der Waals surface area contributed by atoms with E-state index >= 15 is 0 Å². The van der Waals surface area contributed by atoms with E-state index in [0.29, 0.717) is 5.75 Å². The molecule has 0 amide bonds. The summed E-state index contributed by atoms with van der Waals surface area (Å²) in [6.07, 6.45) is 0. The lowest BCUT2D eigenvalue weighted by Crippen LogP contribution is -2.12. The van der Waals surface area contributed by atoms with Crippen LogP contribution < -0.4 is 0 Å². The quantitative estimate of drug-likeness (QED) is 0.672. The summed E-state index contributed by atoms with van der Waals surface area (Å²) >= 11 is 1.05. The van der Waals surface area contributed by atoms with Crippen LogP contribution in [0, 0.1) is 5.92 Å². The number of aliphatic carboxylic acids is 1. The van der Waals surface area contributed by atoms with E-state index in [1.165, 1.54) is 6.92 Å². The van der Waals surface area contributed by atoms with Crippen LogP contribution in [-0.4, -0.2) is 21.9 Å². The monoisotopic (exact) mass is 162 g/mol. The molecule has 0 bridgehead atoms. The summed E-state index contributed by atoms with van der Waals surface area (Å²) in [5.74, 6) is -0.923. The average Bonchev–Trinajstić information content (AvgIpc) is 1.82. The van der Waals surface area contributed by atoms with Gasteiger partial charge in [0.05, 0.1) is 5.92 Å². The van der Waals surface area contributed by atoms with Crippen LogP contribution in [0.5, 0.6) is 0 Å². The van der Waals surface area contributed by atoms with Gasteiger partial charge in [0, 0.05) is 12.7 Å². The Morgan fingerprint density at radius 1 is 1.60 bits per heavy atom. The first kappa shape index (κ1) is 9.49. The summed E-state index contributed by atoms with van der Waals surface area (Å²) in [7, 11) is 0. The second-order valence-electron chi connectivity index (χ2n) is 2.04. The van der Waals surface area contributed by atoms with Crippen LogP contribution in [0.25, 0.3) is 0 Å². The highest BCUT2D eigenvalue weighted by atomic mass is 32.2. The molecule has 0 radical (unpaired) electrons. The molecule has 0 aromatic rings. The van der Waals surface area contributed by atoms with Crippen molar-refractivity contribution in [3.8, 4) is 0 Å². The molecule has 0 saturated heterocycles. The molecule has 0 aromatic heterocycles. The molecule has 0 heterocycles. The molecular formula is C6H10O3S. The van der Waals surface area contributed by atoms with E-state index in [4.69, 9.17) is 5.11 Å². The molecule has 0 rings (SSSR count). The van der Waals surface area contributed by atoms with E-state index in [1.54, 1.807) is 6.92 Å². The third kappa shape index (κ3) is 4.38. The zero-order valence-electron chi connectivity index (χ0n) is 5.96. The van der Waals surface area contributed by atoms with Gasteiger partial charge in [-0.15, -0.1) is 0 Å². The van der Waals surface area contributed by atoms with Gasteiger partial charge in [-0.1, -0.05) is 18.7 Å². The average molecular weight is 162 g/mol. The number of thioether (sulfide) groups is 1. The lowest BCUT2D eigenvalue weighted by atomic mass is 10.2. The Balaban J connectivity index is 3.49. The van der Waals surface area contributed by atoms with Gasteiger partial charge in [0.1, 0.15) is 0 Å². The first-order valence-corrected chi connectivity index (χ1v) is 3.88. The summed E-state index contributed by atoms with van der Waals surface area (Å²) in [4.78, 5) is 20.5. The molecule has 4 heteroatoms. The van der Waals surface area contributed by atoms with Crippen LogP contribution in [0.2, 0.25) is 0 Å². The largest absolute Gasteiger partial charge is 0.481 e. The fraction of sp³-hybridized carbons (Fsp3) is 0.667. The maximum atomic E-state index is 10.3. The van der Waals surface area contributed by atoms with E-state index < -0.39 is 11.9 Å². The molecule has 0 aliphatic heterocycles. The van der Waals surface area contributed by atoms with Gasteiger partial charge in [0.2, 0.25) is 0 Å². The Labute approximate surface area is 63.8 Å². The fourth-order valence-electron chi connectivity index (χ4n) is 0.314. The third-order valence-electron chi connectivity index (χ3n) is 0.958. The van der Waals surface area contributed by atoms with Crippen LogP contribution in [0.3, 0.4) is 0 Å². The van der Waals surface area contributed by atoms with E-state index in [9.17, 15) is 9.59 Å². The second kappa shape index (κ2) is 4.33. The minimum absolute atomic E-state index is 0.0342. The Morgan fingerprint density at radius 2 is 2.10 bits per heavy atom. The fourth-order valence-corrected chi connectivity index (χ4v) is 0.941. The smallest absolute Gasteiger partial charge is 0.307 e. The van der Waals surface area contributed by atoms with Gasteiger partial charge in [0.15, 0.2) is 5.12 Å². The minimum atomic E-state index is -0.853. The molecule has 10 heavy (non-hydrogen) atoms. The first-order chi connectivity index (χ1) is 4.54. The van der Waals surface area contributed by atoms with Crippen LogP contribution in [0.1, 0.15) is 13.8 Å². The predicted octanol–water partition coefficient (Wildman–Crippen LogP) is 0.987. The summed E-state index contributed by atoms with van der Waals surface area (Å²) in [5, 5.41) is 8.34. The molecule has 1 unspecified atom stereocenters. The summed E-state index contributed by atoms with van der Waals surface area (Å²) in [6.45, 7) is 3.01. The van der Waals surface area contributed by atoms with E-state index in [-0.39, 0.29) is 5.12 Å². The summed E-state index contributed by atoms with van der Waals surface area (Å²) in [6, 6.07) is 0. The van der Waals surface area contributed by atoms with Gasteiger partial charge in [-0.2, -0.15) is 0 Å². The van der Waals surface area contributed by atoms with E-state index in [1.807, 2.05) is 0 Å². The van der Waals surface area contributed by atoms with Crippen molar-refractivity contribution in [3.63, 3.8) is 0 Å². The van der Waals surface area contributed by atoms with Crippen molar-refractivity contribution >= 4 is 22.8 Å². The van der Waals surface area contributed by atoms with Crippen molar-refractivity contribution in [2.45, 2.75) is 13.8 Å².